The number of aliphatic hydroxyl groups excluding tert-OH is 1. The average Bonchev–Trinajstić information content (AvgIpc) is 2.85. The molecular formula is C26H36N4O5. The lowest BCUT2D eigenvalue weighted by Crippen LogP contribution is -2.51. The Hall–Kier alpha value is -3.17. The summed E-state index contributed by atoms with van der Waals surface area (Å²) in [5.41, 5.74) is 1.98. The molecule has 0 saturated carbocycles. The Morgan fingerprint density at radius 2 is 1.94 bits per heavy atom. The van der Waals surface area contributed by atoms with E-state index in [9.17, 15) is 14.7 Å². The molecule has 0 aliphatic carbocycles. The van der Waals surface area contributed by atoms with E-state index in [0.29, 0.717) is 25.2 Å². The topological polar surface area (TPSA) is 95.4 Å². The van der Waals surface area contributed by atoms with E-state index in [1.807, 2.05) is 57.1 Å². The molecule has 1 aliphatic heterocycles. The van der Waals surface area contributed by atoms with E-state index in [1.54, 1.807) is 36.2 Å². The van der Waals surface area contributed by atoms with Crippen LogP contribution in [0.1, 0.15) is 24.2 Å². The molecule has 3 atom stereocenters. The van der Waals surface area contributed by atoms with E-state index in [-0.39, 0.29) is 42.4 Å². The van der Waals surface area contributed by atoms with Gasteiger partial charge in [-0.3, -0.25) is 9.59 Å². The first-order valence-electron chi connectivity index (χ1n) is 11.8. The number of methoxy groups -OCH3 is 1. The van der Waals surface area contributed by atoms with Crippen LogP contribution in [0.4, 0.5) is 0 Å². The summed E-state index contributed by atoms with van der Waals surface area (Å²) < 4.78 is 11.5. The van der Waals surface area contributed by atoms with Crippen molar-refractivity contribution in [2.45, 2.75) is 26.0 Å². The molecule has 2 aromatic rings. The van der Waals surface area contributed by atoms with Crippen molar-refractivity contribution in [2.24, 2.45) is 5.92 Å². The number of aromatic nitrogens is 1. The minimum atomic E-state index is -0.384. The van der Waals surface area contributed by atoms with Crippen molar-refractivity contribution in [3.8, 4) is 22.8 Å². The fourth-order valence-corrected chi connectivity index (χ4v) is 4.02. The number of likely N-dealkylation sites (N-methyl/N-ethyl adjacent to an activating group) is 2. The van der Waals surface area contributed by atoms with E-state index in [4.69, 9.17) is 9.47 Å². The Balaban J connectivity index is 1.98. The van der Waals surface area contributed by atoms with Crippen LogP contribution in [0, 0.1) is 5.92 Å². The monoisotopic (exact) mass is 484 g/mol. The number of pyridine rings is 1. The van der Waals surface area contributed by atoms with Gasteiger partial charge in [-0.15, -0.1) is 0 Å². The molecule has 0 radical (unpaired) electrons. The Labute approximate surface area is 207 Å². The summed E-state index contributed by atoms with van der Waals surface area (Å²) in [6.45, 7) is 4.67. The van der Waals surface area contributed by atoms with Crippen LogP contribution >= 0.6 is 0 Å². The number of carbonyl (C=O) groups is 2. The van der Waals surface area contributed by atoms with Gasteiger partial charge in [-0.2, -0.15) is 0 Å². The highest BCUT2D eigenvalue weighted by Gasteiger charge is 2.34. The molecule has 0 fully saturated rings. The van der Waals surface area contributed by atoms with E-state index < -0.39 is 0 Å². The van der Waals surface area contributed by atoms with Crippen LogP contribution in [0.2, 0.25) is 0 Å². The van der Waals surface area contributed by atoms with Gasteiger partial charge in [-0.05, 0) is 44.8 Å². The van der Waals surface area contributed by atoms with Crippen LogP contribution in [0.5, 0.6) is 11.6 Å². The molecule has 0 bridgehead atoms. The summed E-state index contributed by atoms with van der Waals surface area (Å²) in [7, 11) is 7.06. The SMILES string of the molecule is COc1ccc(-c2cnc3c(c2)C(=O)N([C@H](C)CO)C[C@H](C)[C@@H](CN(C)C(=O)CN(C)C)O3)cc1. The number of hydrogen-bond donors (Lipinski definition) is 1. The second-order valence-corrected chi connectivity index (χ2v) is 9.44. The Morgan fingerprint density at radius 3 is 2.54 bits per heavy atom. The summed E-state index contributed by atoms with van der Waals surface area (Å²) in [4.78, 5) is 35.8. The van der Waals surface area contributed by atoms with Gasteiger partial charge in [0, 0.05) is 31.3 Å². The maximum atomic E-state index is 13.6. The van der Waals surface area contributed by atoms with Crippen LogP contribution in [-0.4, -0.2) is 103 Å². The minimum absolute atomic E-state index is 0.0208. The zero-order valence-electron chi connectivity index (χ0n) is 21.4. The number of fused-ring (bicyclic) bond motifs is 1. The Bertz CT molecular complexity index is 1030. The van der Waals surface area contributed by atoms with Crippen molar-refractivity contribution in [3.05, 3.63) is 42.1 Å². The number of benzene rings is 1. The van der Waals surface area contributed by atoms with Crippen molar-refractivity contribution in [3.63, 3.8) is 0 Å². The quantitative estimate of drug-likeness (QED) is 0.612. The Kier molecular flexibility index (Phi) is 8.69. The van der Waals surface area contributed by atoms with Gasteiger partial charge in [-0.1, -0.05) is 19.1 Å². The fraction of sp³-hybridized carbons (Fsp3) is 0.500. The smallest absolute Gasteiger partial charge is 0.259 e. The zero-order valence-corrected chi connectivity index (χ0v) is 21.4. The van der Waals surface area contributed by atoms with Crippen molar-refractivity contribution in [1.29, 1.82) is 0 Å². The maximum absolute atomic E-state index is 13.6. The van der Waals surface area contributed by atoms with E-state index in [0.717, 1.165) is 16.9 Å². The van der Waals surface area contributed by atoms with Crippen molar-refractivity contribution >= 4 is 11.8 Å². The molecule has 1 aromatic heterocycles. The predicted octanol–water partition coefficient (Wildman–Crippen LogP) is 2.00. The largest absolute Gasteiger partial charge is 0.497 e. The minimum Gasteiger partial charge on any atom is -0.497 e. The normalized spacial score (nSPS) is 18.9. The van der Waals surface area contributed by atoms with Gasteiger partial charge in [0.2, 0.25) is 11.8 Å². The third kappa shape index (κ3) is 6.29. The first-order valence-corrected chi connectivity index (χ1v) is 11.8. The first kappa shape index (κ1) is 26.4. The molecule has 9 nitrogen and oxygen atoms in total. The standard InChI is InChI=1S/C26H36N4O5/c1-17-13-30(18(2)16-31)26(33)22-11-20(19-7-9-21(34-6)10-8-19)12-27-25(22)35-23(17)14-29(5)24(32)15-28(3)4/h7-12,17-18,23,31H,13-16H2,1-6H3/t17-,18+,23+/m0/s1. The summed E-state index contributed by atoms with van der Waals surface area (Å²) in [5.74, 6) is 0.602. The average molecular weight is 485 g/mol. The van der Waals surface area contributed by atoms with Gasteiger partial charge in [0.05, 0.1) is 32.8 Å². The highest BCUT2D eigenvalue weighted by molar-refractivity contribution is 5.98. The molecule has 2 amide bonds. The third-order valence-electron chi connectivity index (χ3n) is 6.28. The lowest BCUT2D eigenvalue weighted by Gasteiger charge is -2.37. The van der Waals surface area contributed by atoms with Crippen molar-refractivity contribution in [1.82, 2.24) is 19.7 Å². The van der Waals surface area contributed by atoms with E-state index in [1.165, 1.54) is 0 Å². The number of rotatable bonds is 8. The molecule has 0 unspecified atom stereocenters. The van der Waals surface area contributed by atoms with Crippen LogP contribution in [-0.2, 0) is 4.79 Å². The molecule has 3 rings (SSSR count). The van der Waals surface area contributed by atoms with Gasteiger partial charge in [0.1, 0.15) is 17.4 Å². The Morgan fingerprint density at radius 1 is 1.26 bits per heavy atom. The van der Waals surface area contributed by atoms with Gasteiger partial charge in [-0.25, -0.2) is 4.98 Å². The molecule has 0 spiro atoms. The summed E-state index contributed by atoms with van der Waals surface area (Å²) >= 11 is 0. The van der Waals surface area contributed by atoms with Crippen LogP contribution in [0.3, 0.4) is 0 Å². The van der Waals surface area contributed by atoms with E-state index >= 15 is 0 Å². The van der Waals surface area contributed by atoms with Gasteiger partial charge < -0.3 is 29.3 Å². The van der Waals surface area contributed by atoms with Gasteiger partial charge in [0.25, 0.3) is 5.91 Å². The molecule has 1 N–H and O–H groups in total. The first-order chi connectivity index (χ1) is 16.6. The zero-order chi connectivity index (χ0) is 25.7. The van der Waals surface area contributed by atoms with Crippen LogP contribution in [0.25, 0.3) is 11.1 Å². The van der Waals surface area contributed by atoms with Gasteiger partial charge in [0.15, 0.2) is 0 Å². The molecule has 35 heavy (non-hydrogen) atoms. The van der Waals surface area contributed by atoms with Crippen LogP contribution < -0.4 is 9.47 Å². The summed E-state index contributed by atoms with van der Waals surface area (Å²) in [6, 6.07) is 8.90. The lowest BCUT2D eigenvalue weighted by molar-refractivity contribution is -0.132. The maximum Gasteiger partial charge on any atom is 0.259 e. The number of aliphatic hydroxyl groups is 1. The van der Waals surface area contributed by atoms with Crippen molar-refractivity contribution < 1.29 is 24.2 Å². The fourth-order valence-electron chi connectivity index (χ4n) is 4.02. The molecule has 9 heteroatoms. The lowest BCUT2D eigenvalue weighted by atomic mass is 9.99. The van der Waals surface area contributed by atoms with E-state index in [2.05, 4.69) is 4.98 Å². The highest BCUT2D eigenvalue weighted by Crippen LogP contribution is 2.31. The number of nitrogens with zero attached hydrogens (tertiary/aromatic N) is 4. The molecule has 1 aliphatic rings. The summed E-state index contributed by atoms with van der Waals surface area (Å²) in [6.07, 6.45) is 1.29. The number of amides is 2. The molecular weight excluding hydrogens is 448 g/mol. The van der Waals surface area contributed by atoms with Crippen molar-refractivity contribution in [2.75, 3.05) is 54.5 Å². The molecule has 190 valence electrons. The molecule has 0 saturated heterocycles. The number of ether oxygens (including phenoxy) is 2. The molecule has 2 heterocycles. The second-order valence-electron chi connectivity index (χ2n) is 9.44. The molecule has 1 aromatic carbocycles. The van der Waals surface area contributed by atoms with Crippen LogP contribution in [0.15, 0.2) is 36.5 Å². The van der Waals surface area contributed by atoms with Gasteiger partial charge >= 0.3 is 0 Å². The third-order valence-corrected chi connectivity index (χ3v) is 6.28. The summed E-state index contributed by atoms with van der Waals surface area (Å²) in [5, 5.41) is 9.84. The second kappa shape index (κ2) is 11.5. The highest BCUT2D eigenvalue weighted by atomic mass is 16.5. The number of hydrogen-bond acceptors (Lipinski definition) is 7. The predicted molar refractivity (Wildman–Crippen MR) is 134 cm³/mol. The number of carbonyl (C=O) groups excluding carboxylic acids is 2.